The van der Waals surface area contributed by atoms with E-state index in [0.29, 0.717) is 32.0 Å². The number of nitrogens with one attached hydrogen (secondary N) is 2. The van der Waals surface area contributed by atoms with E-state index >= 15 is 0 Å². The summed E-state index contributed by atoms with van der Waals surface area (Å²) in [4.78, 5) is 9.15. The number of benzene rings is 1. The molecule has 0 amide bonds. The summed E-state index contributed by atoms with van der Waals surface area (Å²) >= 11 is 0. The summed E-state index contributed by atoms with van der Waals surface area (Å²) in [5.74, 6) is 1.30. The topological polar surface area (TPSA) is 118 Å². The van der Waals surface area contributed by atoms with Crippen molar-refractivity contribution in [1.29, 1.82) is 0 Å². The van der Waals surface area contributed by atoms with Gasteiger partial charge in [0.1, 0.15) is 5.82 Å². The van der Waals surface area contributed by atoms with Crippen molar-refractivity contribution < 1.29 is 18.3 Å². The van der Waals surface area contributed by atoms with E-state index in [0.717, 1.165) is 48.0 Å². The van der Waals surface area contributed by atoms with Crippen LogP contribution in [0.4, 0.5) is 5.95 Å². The van der Waals surface area contributed by atoms with Gasteiger partial charge in [-0.15, -0.1) is 0 Å². The molecule has 0 spiro atoms. The third-order valence-corrected chi connectivity index (χ3v) is 7.64. The van der Waals surface area contributed by atoms with Crippen LogP contribution in [0.25, 0.3) is 16.7 Å². The normalized spacial score (nSPS) is 23.1. The smallest absolute Gasteiger partial charge is 0.224 e. The fraction of sp³-hybridized carbons (Fsp3) is 0.500. The number of aromatic nitrogens is 3. The Kier molecular flexibility index (Phi) is 6.32. The number of rotatable bonds is 6. The number of hydrogen-bond donors (Lipinski definition) is 3. The maximum atomic E-state index is 11.5. The van der Waals surface area contributed by atoms with Crippen molar-refractivity contribution in [2.24, 2.45) is 0 Å². The molecule has 3 N–H and O–H groups in total. The number of hydrogen-bond acceptors (Lipinski definition) is 7. The summed E-state index contributed by atoms with van der Waals surface area (Å²) in [6, 6.07) is 10.1. The third kappa shape index (κ3) is 4.95. The molecule has 1 saturated heterocycles. The lowest BCUT2D eigenvalue weighted by molar-refractivity contribution is -0.0669. The second kappa shape index (κ2) is 9.26. The zero-order valence-electron chi connectivity index (χ0n) is 19.3. The summed E-state index contributed by atoms with van der Waals surface area (Å²) in [7, 11) is -3.18. The highest BCUT2D eigenvalue weighted by Crippen LogP contribution is 2.37. The van der Waals surface area contributed by atoms with Gasteiger partial charge in [0, 0.05) is 55.9 Å². The average Bonchev–Trinajstić information content (AvgIpc) is 3.24. The summed E-state index contributed by atoms with van der Waals surface area (Å²) in [5.41, 5.74) is 1.03. The standard InChI is InChI=1S/C24H31N5O4S/c1-34(31,32)28-18-7-5-17(6-8-18)26-23-25-13-9-22(27-23)29-14-10-19-20(3-2-4-21(19)29)24(30)11-15-33-16-12-24/h2-4,9-10,13-14,17-18,28,30H,5-8,11-12,15-16H2,1H3,(H,25,26,27). The van der Waals surface area contributed by atoms with Gasteiger partial charge in [-0.2, -0.15) is 4.98 Å². The summed E-state index contributed by atoms with van der Waals surface area (Å²) in [6.45, 7) is 1.11. The quantitative estimate of drug-likeness (QED) is 0.491. The van der Waals surface area contributed by atoms with Crippen LogP contribution in [0.1, 0.15) is 44.1 Å². The molecular weight excluding hydrogens is 454 g/mol. The minimum absolute atomic E-state index is 0.00807. The lowest BCUT2D eigenvalue weighted by Crippen LogP contribution is -2.39. The molecule has 34 heavy (non-hydrogen) atoms. The van der Waals surface area contributed by atoms with Crippen molar-refractivity contribution in [3.8, 4) is 5.82 Å². The van der Waals surface area contributed by atoms with Gasteiger partial charge in [0.15, 0.2) is 0 Å². The number of fused-ring (bicyclic) bond motifs is 1. The fourth-order valence-corrected chi connectivity index (χ4v) is 5.99. The first-order chi connectivity index (χ1) is 16.3. The van der Waals surface area contributed by atoms with E-state index in [1.165, 1.54) is 6.26 Å². The van der Waals surface area contributed by atoms with Gasteiger partial charge in [-0.1, -0.05) is 12.1 Å². The lowest BCUT2D eigenvalue weighted by atomic mass is 9.84. The van der Waals surface area contributed by atoms with Crippen molar-refractivity contribution >= 4 is 26.9 Å². The number of aliphatic hydroxyl groups is 1. The van der Waals surface area contributed by atoms with Gasteiger partial charge >= 0.3 is 0 Å². The van der Waals surface area contributed by atoms with Crippen LogP contribution >= 0.6 is 0 Å². The van der Waals surface area contributed by atoms with Gasteiger partial charge in [-0.25, -0.2) is 18.1 Å². The zero-order chi connectivity index (χ0) is 23.8. The Labute approximate surface area is 199 Å². The SMILES string of the molecule is CS(=O)(=O)NC1CCC(Nc2nccc(-n3ccc4c(C5(O)CCOCC5)cccc43)n2)CC1. The van der Waals surface area contributed by atoms with E-state index in [4.69, 9.17) is 9.72 Å². The van der Waals surface area contributed by atoms with Gasteiger partial charge in [-0.05, 0) is 49.4 Å². The summed E-state index contributed by atoms with van der Waals surface area (Å²) in [6.07, 6.45) is 9.34. The number of sulfonamides is 1. The Bertz CT molecular complexity index is 1260. The minimum atomic E-state index is -3.18. The van der Waals surface area contributed by atoms with E-state index in [-0.39, 0.29) is 12.1 Å². The molecule has 3 heterocycles. The predicted octanol–water partition coefficient (Wildman–Crippen LogP) is 2.69. The maximum Gasteiger partial charge on any atom is 0.224 e. The maximum absolute atomic E-state index is 11.5. The van der Waals surface area contributed by atoms with E-state index in [1.807, 2.05) is 41.1 Å². The van der Waals surface area contributed by atoms with Crippen LogP contribution in [-0.4, -0.2) is 59.6 Å². The zero-order valence-corrected chi connectivity index (χ0v) is 20.1. The number of ether oxygens (including phenoxy) is 1. The molecule has 1 aromatic carbocycles. The summed E-state index contributed by atoms with van der Waals surface area (Å²) in [5, 5.41) is 15.7. The van der Waals surface area contributed by atoms with Crippen LogP contribution in [0.15, 0.2) is 42.7 Å². The monoisotopic (exact) mass is 485 g/mol. The van der Waals surface area contributed by atoms with Crippen LogP contribution in [0.5, 0.6) is 0 Å². The Morgan fingerprint density at radius 3 is 2.56 bits per heavy atom. The largest absolute Gasteiger partial charge is 0.385 e. The molecule has 5 rings (SSSR count). The van der Waals surface area contributed by atoms with Crippen molar-refractivity contribution in [2.75, 3.05) is 24.8 Å². The molecule has 1 saturated carbocycles. The van der Waals surface area contributed by atoms with Crippen molar-refractivity contribution in [1.82, 2.24) is 19.3 Å². The first kappa shape index (κ1) is 23.2. The molecule has 2 fully saturated rings. The van der Waals surface area contributed by atoms with Crippen LogP contribution in [0.2, 0.25) is 0 Å². The molecule has 0 unspecified atom stereocenters. The fourth-order valence-electron chi connectivity index (χ4n) is 5.15. The Morgan fingerprint density at radius 2 is 1.82 bits per heavy atom. The van der Waals surface area contributed by atoms with Crippen LogP contribution < -0.4 is 10.0 Å². The van der Waals surface area contributed by atoms with Crippen molar-refractivity contribution in [2.45, 2.75) is 56.2 Å². The van der Waals surface area contributed by atoms with E-state index in [2.05, 4.69) is 15.0 Å². The highest BCUT2D eigenvalue weighted by atomic mass is 32.2. The molecule has 2 aromatic heterocycles. The second-order valence-electron chi connectivity index (χ2n) is 9.39. The van der Waals surface area contributed by atoms with Crippen LogP contribution in [-0.2, 0) is 20.4 Å². The lowest BCUT2D eigenvalue weighted by Gasteiger charge is -2.33. The minimum Gasteiger partial charge on any atom is -0.385 e. The Morgan fingerprint density at radius 1 is 1.09 bits per heavy atom. The van der Waals surface area contributed by atoms with Gasteiger partial charge in [-0.3, -0.25) is 0 Å². The highest BCUT2D eigenvalue weighted by Gasteiger charge is 2.33. The average molecular weight is 486 g/mol. The molecule has 182 valence electrons. The van der Waals surface area contributed by atoms with Gasteiger partial charge in [0.2, 0.25) is 16.0 Å². The second-order valence-corrected chi connectivity index (χ2v) is 11.2. The molecule has 10 heteroatoms. The van der Waals surface area contributed by atoms with E-state index in [9.17, 15) is 13.5 Å². The molecule has 1 aliphatic heterocycles. The number of anilines is 1. The molecule has 9 nitrogen and oxygen atoms in total. The molecule has 0 atom stereocenters. The molecule has 0 bridgehead atoms. The molecule has 0 radical (unpaired) electrons. The van der Waals surface area contributed by atoms with Crippen LogP contribution in [0, 0.1) is 0 Å². The first-order valence-electron chi connectivity index (χ1n) is 11.8. The molecular formula is C24H31N5O4S. The number of nitrogens with zero attached hydrogens (tertiary/aromatic N) is 3. The molecule has 1 aliphatic carbocycles. The molecule has 2 aliphatic rings. The highest BCUT2D eigenvalue weighted by molar-refractivity contribution is 7.88. The van der Waals surface area contributed by atoms with Gasteiger partial charge in [0.25, 0.3) is 0 Å². The van der Waals surface area contributed by atoms with E-state index in [1.54, 1.807) is 6.20 Å². The van der Waals surface area contributed by atoms with Crippen molar-refractivity contribution in [3.05, 3.63) is 48.3 Å². The summed E-state index contributed by atoms with van der Waals surface area (Å²) < 4.78 is 33.1. The van der Waals surface area contributed by atoms with E-state index < -0.39 is 15.6 Å². The van der Waals surface area contributed by atoms with Crippen LogP contribution in [0.3, 0.4) is 0 Å². The third-order valence-electron chi connectivity index (χ3n) is 6.88. The Balaban J connectivity index is 1.34. The predicted molar refractivity (Wildman–Crippen MR) is 130 cm³/mol. The Hall–Kier alpha value is -2.53. The van der Waals surface area contributed by atoms with Gasteiger partial charge < -0.3 is 19.7 Å². The first-order valence-corrected chi connectivity index (χ1v) is 13.7. The molecule has 3 aromatic rings. The van der Waals surface area contributed by atoms with Crippen molar-refractivity contribution in [3.63, 3.8) is 0 Å². The van der Waals surface area contributed by atoms with Gasteiger partial charge in [0.05, 0.1) is 17.4 Å².